The van der Waals surface area contributed by atoms with Crippen molar-refractivity contribution in [3.63, 3.8) is 0 Å². The largest absolute Gasteiger partial charge is 0.346 e. The Hall–Kier alpha value is -1.93. The van der Waals surface area contributed by atoms with Gasteiger partial charge in [-0.3, -0.25) is 14.2 Å². The van der Waals surface area contributed by atoms with Gasteiger partial charge in [0.25, 0.3) is 5.91 Å². The molecule has 0 spiro atoms. The minimum Gasteiger partial charge on any atom is -0.346 e. The molecule has 0 aliphatic rings. The molecular formula is C17H17Br2N5O. The van der Waals surface area contributed by atoms with Crippen LogP contribution in [0.4, 0.5) is 0 Å². The van der Waals surface area contributed by atoms with Gasteiger partial charge < -0.3 is 5.32 Å². The first kappa shape index (κ1) is 17.9. The van der Waals surface area contributed by atoms with E-state index in [1.807, 2.05) is 46.9 Å². The number of aromatic nitrogens is 4. The number of benzene rings is 1. The molecule has 0 radical (unpaired) electrons. The van der Waals surface area contributed by atoms with Gasteiger partial charge in [0.1, 0.15) is 0 Å². The minimum atomic E-state index is -0.124. The van der Waals surface area contributed by atoms with Crippen molar-refractivity contribution in [2.45, 2.75) is 26.6 Å². The lowest BCUT2D eigenvalue weighted by Gasteiger charge is -2.07. The highest BCUT2D eigenvalue weighted by Crippen LogP contribution is 2.15. The van der Waals surface area contributed by atoms with Crippen molar-refractivity contribution in [3.05, 3.63) is 68.6 Å². The van der Waals surface area contributed by atoms with Crippen LogP contribution in [0, 0.1) is 0 Å². The quantitative estimate of drug-likeness (QED) is 0.603. The lowest BCUT2D eigenvalue weighted by Crippen LogP contribution is -2.23. The van der Waals surface area contributed by atoms with E-state index in [9.17, 15) is 4.79 Å². The zero-order valence-corrected chi connectivity index (χ0v) is 16.8. The Balaban J connectivity index is 1.65. The third kappa shape index (κ3) is 4.58. The number of carbonyl (C=O) groups excluding carboxylic acids is 1. The molecular weight excluding hydrogens is 450 g/mol. The SMILES string of the molecule is CCn1cc(Br)c(CNC(=O)c2cccc(Cn3cc(Br)cn3)c2)n1. The molecule has 2 aromatic heterocycles. The minimum absolute atomic E-state index is 0.124. The van der Waals surface area contributed by atoms with E-state index >= 15 is 0 Å². The maximum absolute atomic E-state index is 12.4. The average molecular weight is 467 g/mol. The molecule has 0 aliphatic heterocycles. The first-order chi connectivity index (χ1) is 12.0. The molecule has 1 aromatic carbocycles. The molecule has 3 rings (SSSR count). The Bertz CT molecular complexity index is 887. The highest BCUT2D eigenvalue weighted by molar-refractivity contribution is 9.10. The number of nitrogens with one attached hydrogen (secondary N) is 1. The number of nitrogens with zero attached hydrogens (tertiary/aromatic N) is 4. The van der Waals surface area contributed by atoms with Crippen molar-refractivity contribution in [2.24, 2.45) is 0 Å². The highest BCUT2D eigenvalue weighted by atomic mass is 79.9. The zero-order chi connectivity index (χ0) is 17.8. The van der Waals surface area contributed by atoms with Crippen LogP contribution in [0.2, 0.25) is 0 Å². The van der Waals surface area contributed by atoms with Crippen LogP contribution in [0.25, 0.3) is 0 Å². The number of rotatable bonds is 6. The zero-order valence-electron chi connectivity index (χ0n) is 13.6. The van der Waals surface area contributed by atoms with Crippen LogP contribution in [0.5, 0.6) is 0 Å². The summed E-state index contributed by atoms with van der Waals surface area (Å²) in [4.78, 5) is 12.4. The van der Waals surface area contributed by atoms with Gasteiger partial charge in [-0.2, -0.15) is 10.2 Å². The third-order valence-electron chi connectivity index (χ3n) is 3.66. The van der Waals surface area contributed by atoms with Gasteiger partial charge in [-0.1, -0.05) is 12.1 Å². The van der Waals surface area contributed by atoms with Gasteiger partial charge in [0.2, 0.25) is 0 Å². The van der Waals surface area contributed by atoms with Crippen LogP contribution in [0.15, 0.2) is 51.8 Å². The summed E-state index contributed by atoms with van der Waals surface area (Å²) in [6.45, 7) is 3.80. The molecule has 0 fully saturated rings. The van der Waals surface area contributed by atoms with Crippen LogP contribution in [-0.2, 0) is 19.6 Å². The molecule has 0 atom stereocenters. The monoisotopic (exact) mass is 465 g/mol. The highest BCUT2D eigenvalue weighted by Gasteiger charge is 2.10. The van der Waals surface area contributed by atoms with Crippen molar-refractivity contribution in [2.75, 3.05) is 0 Å². The molecule has 0 saturated carbocycles. The maximum Gasteiger partial charge on any atom is 0.251 e. The smallest absolute Gasteiger partial charge is 0.251 e. The van der Waals surface area contributed by atoms with Crippen LogP contribution >= 0.6 is 31.9 Å². The lowest BCUT2D eigenvalue weighted by atomic mass is 10.1. The molecule has 1 N–H and O–H groups in total. The second kappa shape index (κ2) is 7.97. The van der Waals surface area contributed by atoms with Crippen molar-refractivity contribution < 1.29 is 4.79 Å². The lowest BCUT2D eigenvalue weighted by molar-refractivity contribution is 0.0950. The fraction of sp³-hybridized carbons (Fsp3) is 0.235. The van der Waals surface area contributed by atoms with Crippen LogP contribution in [0.1, 0.15) is 28.5 Å². The van der Waals surface area contributed by atoms with Crippen molar-refractivity contribution in [1.82, 2.24) is 24.9 Å². The molecule has 8 heteroatoms. The predicted octanol–water partition coefficient (Wildman–Crippen LogP) is 3.60. The number of carbonyl (C=O) groups is 1. The number of hydrogen-bond acceptors (Lipinski definition) is 3. The van der Waals surface area contributed by atoms with Crippen molar-refractivity contribution in [3.8, 4) is 0 Å². The van der Waals surface area contributed by atoms with Gasteiger partial charge in [-0.05, 0) is 56.5 Å². The fourth-order valence-electron chi connectivity index (χ4n) is 2.41. The van der Waals surface area contributed by atoms with E-state index in [2.05, 4.69) is 47.4 Å². The standard InChI is InChI=1S/C17H17Br2N5O/c1-2-23-11-15(19)16(22-23)8-20-17(25)13-5-3-4-12(6-13)9-24-10-14(18)7-21-24/h3-7,10-11H,2,8-9H2,1H3,(H,20,25). The summed E-state index contributed by atoms with van der Waals surface area (Å²) < 4.78 is 5.47. The molecule has 130 valence electrons. The van der Waals surface area contributed by atoms with E-state index in [1.165, 1.54) is 0 Å². The van der Waals surface area contributed by atoms with Gasteiger partial charge >= 0.3 is 0 Å². The number of hydrogen-bond donors (Lipinski definition) is 1. The van der Waals surface area contributed by atoms with E-state index in [0.717, 1.165) is 26.7 Å². The Morgan fingerprint density at radius 1 is 1.24 bits per heavy atom. The van der Waals surface area contributed by atoms with Crippen LogP contribution < -0.4 is 5.32 Å². The number of halogens is 2. The molecule has 1 amide bonds. The normalized spacial score (nSPS) is 10.8. The molecule has 0 saturated heterocycles. The summed E-state index contributed by atoms with van der Waals surface area (Å²) in [6.07, 6.45) is 5.54. The first-order valence-corrected chi connectivity index (χ1v) is 9.40. The molecule has 3 aromatic rings. The van der Waals surface area contributed by atoms with Crippen LogP contribution in [-0.4, -0.2) is 25.5 Å². The summed E-state index contributed by atoms with van der Waals surface area (Å²) in [5.74, 6) is -0.124. The summed E-state index contributed by atoms with van der Waals surface area (Å²) >= 11 is 6.85. The molecule has 0 unspecified atom stereocenters. The van der Waals surface area contributed by atoms with Gasteiger partial charge in [0.05, 0.1) is 33.9 Å². The summed E-state index contributed by atoms with van der Waals surface area (Å²) in [7, 11) is 0. The Labute approximate surface area is 162 Å². The summed E-state index contributed by atoms with van der Waals surface area (Å²) in [5.41, 5.74) is 2.45. The van der Waals surface area contributed by atoms with E-state index in [1.54, 1.807) is 12.3 Å². The van der Waals surface area contributed by atoms with Crippen molar-refractivity contribution in [1.29, 1.82) is 0 Å². The second-order valence-corrected chi connectivity index (χ2v) is 7.29. The van der Waals surface area contributed by atoms with Crippen LogP contribution in [0.3, 0.4) is 0 Å². The first-order valence-electron chi connectivity index (χ1n) is 7.82. The van der Waals surface area contributed by atoms with E-state index in [0.29, 0.717) is 18.7 Å². The fourth-order valence-corrected chi connectivity index (χ4v) is 3.19. The maximum atomic E-state index is 12.4. The van der Waals surface area contributed by atoms with Gasteiger partial charge in [0.15, 0.2) is 0 Å². The molecule has 0 bridgehead atoms. The predicted molar refractivity (Wildman–Crippen MR) is 102 cm³/mol. The second-order valence-electron chi connectivity index (χ2n) is 5.52. The Kier molecular flexibility index (Phi) is 5.70. The number of aryl methyl sites for hydroxylation is 1. The van der Waals surface area contributed by atoms with E-state index in [-0.39, 0.29) is 5.91 Å². The Morgan fingerprint density at radius 2 is 2.08 bits per heavy atom. The molecule has 2 heterocycles. The number of amides is 1. The van der Waals surface area contributed by atoms with Crippen molar-refractivity contribution >= 4 is 37.8 Å². The average Bonchev–Trinajstić information content (AvgIpc) is 3.18. The van der Waals surface area contributed by atoms with E-state index < -0.39 is 0 Å². The molecule has 0 aliphatic carbocycles. The Morgan fingerprint density at radius 3 is 2.76 bits per heavy atom. The molecule has 25 heavy (non-hydrogen) atoms. The van der Waals surface area contributed by atoms with Gasteiger partial charge in [0, 0.05) is 24.5 Å². The molecule has 6 nitrogen and oxygen atoms in total. The van der Waals surface area contributed by atoms with Gasteiger partial charge in [-0.25, -0.2) is 0 Å². The van der Waals surface area contributed by atoms with E-state index in [4.69, 9.17) is 0 Å². The summed E-state index contributed by atoms with van der Waals surface area (Å²) in [5, 5.41) is 11.6. The summed E-state index contributed by atoms with van der Waals surface area (Å²) in [6, 6.07) is 7.54. The van der Waals surface area contributed by atoms with Gasteiger partial charge in [-0.15, -0.1) is 0 Å². The topological polar surface area (TPSA) is 64.7 Å². The third-order valence-corrected chi connectivity index (χ3v) is 4.74.